The fourth-order valence-electron chi connectivity index (χ4n) is 2.10. The highest BCUT2D eigenvalue weighted by molar-refractivity contribution is 5.96. The molecule has 0 atom stereocenters. The summed E-state index contributed by atoms with van der Waals surface area (Å²) in [5, 5.41) is 2.53. The van der Waals surface area contributed by atoms with Gasteiger partial charge in [-0.1, -0.05) is 55.1 Å². The highest BCUT2D eigenvalue weighted by atomic mass is 14.1. The predicted octanol–water partition coefficient (Wildman–Crippen LogP) is 4.82. The minimum absolute atomic E-state index is 1.09. The van der Waals surface area contributed by atoms with Crippen LogP contribution in [0, 0.1) is 6.92 Å². The van der Waals surface area contributed by atoms with Crippen molar-refractivity contribution in [3.05, 3.63) is 60.2 Å². The first-order valence-corrected chi connectivity index (χ1v) is 5.45. The van der Waals surface area contributed by atoms with Gasteiger partial charge in [0.2, 0.25) is 0 Å². The Morgan fingerprint density at radius 1 is 1.19 bits per heavy atom. The van der Waals surface area contributed by atoms with E-state index in [0.717, 1.165) is 11.1 Å². The summed E-state index contributed by atoms with van der Waals surface area (Å²) in [5.74, 6) is 0. The molecule has 0 heterocycles. The molecule has 0 aliphatic rings. The Labute approximate surface area is 96.9 Å². The topological polar surface area (TPSA) is 0 Å². The highest BCUT2D eigenvalue weighted by Crippen LogP contribution is 2.29. The Bertz CT molecular complexity index is 574. The van der Waals surface area contributed by atoms with Gasteiger partial charge in [0.1, 0.15) is 0 Å². The third-order valence-corrected chi connectivity index (χ3v) is 2.86. The van der Waals surface area contributed by atoms with Crippen LogP contribution < -0.4 is 0 Å². The zero-order valence-corrected chi connectivity index (χ0v) is 9.88. The van der Waals surface area contributed by atoms with Crippen LogP contribution in [0.25, 0.3) is 22.4 Å². The zero-order chi connectivity index (χ0) is 11.7. The molecule has 0 aliphatic heterocycles. The largest absolute Gasteiger partial charge is 0.0984 e. The Kier molecular flexibility index (Phi) is 2.66. The van der Waals surface area contributed by atoms with Crippen molar-refractivity contribution in [1.82, 2.24) is 0 Å². The zero-order valence-electron chi connectivity index (χ0n) is 9.88. The Hall–Kier alpha value is -1.82. The molecule has 0 amide bonds. The van der Waals surface area contributed by atoms with Crippen molar-refractivity contribution in [3.8, 4) is 0 Å². The van der Waals surface area contributed by atoms with Crippen LogP contribution in [-0.4, -0.2) is 0 Å². The molecule has 0 unspecified atom stereocenters. The second-order valence-corrected chi connectivity index (χ2v) is 4.24. The molecule has 0 spiro atoms. The van der Waals surface area contributed by atoms with Crippen LogP contribution in [0.3, 0.4) is 0 Å². The molecule has 0 saturated heterocycles. The average molecular weight is 208 g/mol. The van der Waals surface area contributed by atoms with Crippen molar-refractivity contribution in [3.63, 3.8) is 0 Å². The van der Waals surface area contributed by atoms with E-state index in [2.05, 4.69) is 50.4 Å². The average Bonchev–Trinajstić information content (AvgIpc) is 2.26. The minimum Gasteiger partial charge on any atom is -0.0984 e. The van der Waals surface area contributed by atoms with Crippen molar-refractivity contribution in [1.29, 1.82) is 0 Å². The fourth-order valence-corrected chi connectivity index (χ4v) is 2.10. The van der Waals surface area contributed by atoms with Gasteiger partial charge in [-0.2, -0.15) is 0 Å². The van der Waals surface area contributed by atoms with Crippen LogP contribution in [-0.2, 0) is 0 Å². The van der Waals surface area contributed by atoms with Gasteiger partial charge in [-0.25, -0.2) is 0 Å². The maximum Gasteiger partial charge on any atom is -0.00821 e. The SMILES string of the molecule is C=Cc1ccc2ccc(C)cc2c1C(=C)C. The molecule has 2 rings (SSSR count). The number of fused-ring (bicyclic) bond motifs is 1. The maximum absolute atomic E-state index is 4.07. The molecule has 80 valence electrons. The predicted molar refractivity (Wildman–Crippen MR) is 73.5 cm³/mol. The fraction of sp³-hybridized carbons (Fsp3) is 0.125. The smallest absolute Gasteiger partial charge is 0.00821 e. The van der Waals surface area contributed by atoms with Gasteiger partial charge in [0.05, 0.1) is 0 Å². The molecule has 0 aliphatic carbocycles. The van der Waals surface area contributed by atoms with Crippen molar-refractivity contribution in [2.75, 3.05) is 0 Å². The summed E-state index contributed by atoms with van der Waals surface area (Å²) in [7, 11) is 0. The van der Waals surface area contributed by atoms with Gasteiger partial charge in [-0.15, -0.1) is 0 Å². The first-order valence-electron chi connectivity index (χ1n) is 5.45. The lowest BCUT2D eigenvalue weighted by molar-refractivity contribution is 1.49. The van der Waals surface area contributed by atoms with Crippen molar-refractivity contribution < 1.29 is 0 Å². The van der Waals surface area contributed by atoms with Gasteiger partial charge < -0.3 is 0 Å². The Morgan fingerprint density at radius 3 is 2.50 bits per heavy atom. The maximum atomic E-state index is 4.07. The lowest BCUT2D eigenvalue weighted by Gasteiger charge is -2.11. The summed E-state index contributed by atoms with van der Waals surface area (Å²) >= 11 is 0. The molecule has 0 heteroatoms. The van der Waals surface area contributed by atoms with E-state index in [1.165, 1.54) is 21.9 Å². The van der Waals surface area contributed by atoms with Crippen molar-refractivity contribution in [2.24, 2.45) is 0 Å². The third kappa shape index (κ3) is 1.67. The number of hydrogen-bond acceptors (Lipinski definition) is 0. The summed E-state index contributed by atoms with van der Waals surface area (Å²) in [4.78, 5) is 0. The summed E-state index contributed by atoms with van der Waals surface area (Å²) < 4.78 is 0. The van der Waals surface area contributed by atoms with Crippen molar-refractivity contribution in [2.45, 2.75) is 13.8 Å². The van der Waals surface area contributed by atoms with Gasteiger partial charge in [0, 0.05) is 0 Å². The van der Waals surface area contributed by atoms with E-state index >= 15 is 0 Å². The Morgan fingerprint density at radius 2 is 1.88 bits per heavy atom. The van der Waals surface area contributed by atoms with E-state index in [1.807, 2.05) is 13.0 Å². The van der Waals surface area contributed by atoms with Gasteiger partial charge in [-0.05, 0) is 41.3 Å². The number of aryl methyl sites for hydroxylation is 1. The summed E-state index contributed by atoms with van der Waals surface area (Å²) in [6, 6.07) is 10.8. The molecule has 0 saturated carbocycles. The molecular weight excluding hydrogens is 192 g/mol. The van der Waals surface area contributed by atoms with Gasteiger partial charge >= 0.3 is 0 Å². The lowest BCUT2D eigenvalue weighted by Crippen LogP contribution is -1.88. The van der Waals surface area contributed by atoms with E-state index in [-0.39, 0.29) is 0 Å². The summed E-state index contributed by atoms with van der Waals surface area (Å²) in [6.45, 7) is 12.1. The van der Waals surface area contributed by atoms with E-state index in [4.69, 9.17) is 0 Å². The highest BCUT2D eigenvalue weighted by Gasteiger charge is 2.06. The first-order chi connectivity index (χ1) is 7.63. The molecule has 0 bridgehead atoms. The number of hydrogen-bond donors (Lipinski definition) is 0. The van der Waals surface area contributed by atoms with E-state index in [9.17, 15) is 0 Å². The first kappa shape index (κ1) is 10.7. The monoisotopic (exact) mass is 208 g/mol. The Balaban J connectivity index is 2.92. The lowest BCUT2D eigenvalue weighted by atomic mass is 9.93. The second kappa shape index (κ2) is 3.97. The number of benzene rings is 2. The van der Waals surface area contributed by atoms with Crippen molar-refractivity contribution >= 4 is 22.4 Å². The van der Waals surface area contributed by atoms with Gasteiger partial charge in [-0.3, -0.25) is 0 Å². The number of rotatable bonds is 2. The van der Waals surface area contributed by atoms with E-state index in [0.29, 0.717) is 0 Å². The van der Waals surface area contributed by atoms with Gasteiger partial charge in [0.15, 0.2) is 0 Å². The van der Waals surface area contributed by atoms with E-state index < -0.39 is 0 Å². The van der Waals surface area contributed by atoms with Crippen LogP contribution in [0.15, 0.2) is 43.5 Å². The molecule has 0 fully saturated rings. The minimum atomic E-state index is 1.09. The molecule has 2 aromatic carbocycles. The molecule has 0 radical (unpaired) electrons. The molecule has 0 aromatic heterocycles. The van der Waals surface area contributed by atoms with Crippen LogP contribution >= 0.6 is 0 Å². The normalized spacial score (nSPS) is 10.4. The van der Waals surface area contributed by atoms with Crippen LogP contribution in [0.5, 0.6) is 0 Å². The molecule has 16 heavy (non-hydrogen) atoms. The number of allylic oxidation sites excluding steroid dienone is 1. The van der Waals surface area contributed by atoms with Crippen LogP contribution in [0.1, 0.15) is 23.6 Å². The summed E-state index contributed by atoms with van der Waals surface area (Å²) in [5.41, 5.74) is 4.74. The summed E-state index contributed by atoms with van der Waals surface area (Å²) in [6.07, 6.45) is 1.89. The van der Waals surface area contributed by atoms with E-state index in [1.54, 1.807) is 0 Å². The molecular formula is C16H16. The van der Waals surface area contributed by atoms with Crippen LogP contribution in [0.2, 0.25) is 0 Å². The standard InChI is InChI=1S/C16H16/c1-5-13-8-9-14-7-6-12(4)10-15(14)16(13)11(2)3/h5-10H,1-2H2,3-4H3. The molecule has 0 nitrogen and oxygen atoms in total. The molecule has 2 aromatic rings. The second-order valence-electron chi connectivity index (χ2n) is 4.24. The van der Waals surface area contributed by atoms with Crippen LogP contribution in [0.4, 0.5) is 0 Å². The third-order valence-electron chi connectivity index (χ3n) is 2.86. The van der Waals surface area contributed by atoms with Gasteiger partial charge in [0.25, 0.3) is 0 Å². The quantitative estimate of drug-likeness (QED) is 0.663. The molecule has 0 N–H and O–H groups in total.